The predicted octanol–water partition coefficient (Wildman–Crippen LogP) is 2.23. The van der Waals surface area contributed by atoms with E-state index in [1.54, 1.807) is 17.0 Å². The molecule has 9 heteroatoms. The van der Waals surface area contributed by atoms with Crippen molar-refractivity contribution in [3.63, 3.8) is 0 Å². The molecule has 1 aliphatic heterocycles. The van der Waals surface area contributed by atoms with Gasteiger partial charge in [0.05, 0.1) is 18.6 Å². The molecule has 1 heterocycles. The number of carbonyl (C=O) groups is 3. The Morgan fingerprint density at radius 2 is 2.11 bits per heavy atom. The average molecular weight is 517 g/mol. The van der Waals surface area contributed by atoms with Crippen molar-refractivity contribution in [3.05, 3.63) is 33.4 Å². The summed E-state index contributed by atoms with van der Waals surface area (Å²) in [7, 11) is 0. The molecule has 0 radical (unpaired) electrons. The van der Waals surface area contributed by atoms with E-state index in [9.17, 15) is 14.4 Å². The van der Waals surface area contributed by atoms with Gasteiger partial charge in [-0.05, 0) is 53.4 Å². The van der Waals surface area contributed by atoms with Gasteiger partial charge in [-0.3, -0.25) is 19.7 Å². The minimum absolute atomic E-state index is 0.114. The molecule has 1 atom stereocenters. The summed E-state index contributed by atoms with van der Waals surface area (Å²) < 4.78 is 6.01. The molecule has 0 bridgehead atoms. The van der Waals surface area contributed by atoms with Crippen LogP contribution in [0.2, 0.25) is 0 Å². The van der Waals surface area contributed by atoms with Gasteiger partial charge in [-0.25, -0.2) is 0 Å². The number of thiocarbonyl (C=S) groups is 1. The Morgan fingerprint density at radius 1 is 1.36 bits per heavy atom. The van der Waals surface area contributed by atoms with Gasteiger partial charge < -0.3 is 15.0 Å². The van der Waals surface area contributed by atoms with Gasteiger partial charge in [0.15, 0.2) is 5.11 Å². The first-order valence-electron chi connectivity index (χ1n) is 9.23. The molecule has 2 rings (SSSR count). The lowest BCUT2D eigenvalue weighted by Gasteiger charge is -2.36. The topological polar surface area (TPSA) is 87.7 Å². The molecule has 0 aliphatic carbocycles. The number of ether oxygens (including phenoxy) is 1. The maximum Gasteiger partial charge on any atom is 0.308 e. The molecular formula is C19H24IN3O4S. The number of piperazine rings is 1. The van der Waals surface area contributed by atoms with E-state index in [-0.39, 0.29) is 23.3 Å². The maximum absolute atomic E-state index is 12.5. The molecule has 1 aliphatic rings. The second-order valence-corrected chi connectivity index (χ2v) is 7.92. The molecule has 2 amide bonds. The van der Waals surface area contributed by atoms with Gasteiger partial charge in [-0.2, -0.15) is 0 Å². The smallest absolute Gasteiger partial charge is 0.308 e. The largest absolute Gasteiger partial charge is 0.466 e. The number of benzene rings is 1. The summed E-state index contributed by atoms with van der Waals surface area (Å²) in [6, 6.07) is 6.34. The van der Waals surface area contributed by atoms with E-state index < -0.39 is 12.0 Å². The molecular weight excluding hydrogens is 493 g/mol. The number of nitrogens with zero attached hydrogens (tertiary/aromatic N) is 1. The van der Waals surface area contributed by atoms with E-state index in [4.69, 9.17) is 17.0 Å². The fourth-order valence-corrected chi connectivity index (χ4v) is 3.74. The van der Waals surface area contributed by atoms with Gasteiger partial charge in [0.1, 0.15) is 6.04 Å². The van der Waals surface area contributed by atoms with E-state index in [1.165, 1.54) is 0 Å². The summed E-state index contributed by atoms with van der Waals surface area (Å²) in [4.78, 5) is 38.5. The van der Waals surface area contributed by atoms with Crippen LogP contribution in [0.15, 0.2) is 24.3 Å². The van der Waals surface area contributed by atoms with Crippen LogP contribution in [-0.2, 0) is 14.3 Å². The Kier molecular flexibility index (Phi) is 9.10. The van der Waals surface area contributed by atoms with Gasteiger partial charge in [0, 0.05) is 16.7 Å². The fourth-order valence-electron chi connectivity index (χ4n) is 2.80. The number of rotatable bonds is 7. The van der Waals surface area contributed by atoms with Crippen LogP contribution in [0.3, 0.4) is 0 Å². The molecule has 0 saturated carbocycles. The van der Waals surface area contributed by atoms with Gasteiger partial charge >= 0.3 is 5.97 Å². The number of unbranched alkanes of at least 4 members (excludes halogenated alkanes) is 2. The second kappa shape index (κ2) is 11.3. The normalized spacial score (nSPS) is 16.3. The standard InChI is InChI=1S/C19H24IN3O4S/c1-2-3-6-11-27-16(24)12-15-18(26)21-9-10-23(15)19(28)22-17(25)13-7-4-5-8-14(13)20/h4-5,7-8,15H,2-3,6,9-12H2,1H3,(H,21,26)(H,22,25,28). The third kappa shape index (κ3) is 6.40. The van der Waals surface area contributed by atoms with Crippen molar-refractivity contribution in [3.8, 4) is 0 Å². The quantitative estimate of drug-likeness (QED) is 0.250. The Bertz CT molecular complexity index is 744. The minimum Gasteiger partial charge on any atom is -0.466 e. The molecule has 28 heavy (non-hydrogen) atoms. The molecule has 1 saturated heterocycles. The molecule has 2 N–H and O–H groups in total. The lowest BCUT2D eigenvalue weighted by Crippen LogP contribution is -2.60. The third-order valence-corrected chi connectivity index (χ3v) is 5.58. The molecule has 1 aromatic rings. The van der Waals surface area contributed by atoms with Crippen molar-refractivity contribution in [1.29, 1.82) is 0 Å². The summed E-state index contributed by atoms with van der Waals surface area (Å²) in [6.07, 6.45) is 2.70. The van der Waals surface area contributed by atoms with Crippen molar-refractivity contribution in [1.82, 2.24) is 15.5 Å². The minimum atomic E-state index is -0.796. The van der Waals surface area contributed by atoms with Crippen molar-refractivity contribution < 1.29 is 19.1 Å². The number of hydrogen-bond donors (Lipinski definition) is 2. The van der Waals surface area contributed by atoms with Crippen LogP contribution < -0.4 is 10.6 Å². The maximum atomic E-state index is 12.5. The lowest BCUT2D eigenvalue weighted by atomic mass is 10.1. The van der Waals surface area contributed by atoms with Gasteiger partial charge in [0.25, 0.3) is 5.91 Å². The molecule has 1 unspecified atom stereocenters. The van der Waals surface area contributed by atoms with Crippen LogP contribution in [0.4, 0.5) is 0 Å². The van der Waals surface area contributed by atoms with Gasteiger partial charge in [-0.1, -0.05) is 31.9 Å². The zero-order valence-corrected chi connectivity index (χ0v) is 18.7. The Morgan fingerprint density at radius 3 is 2.82 bits per heavy atom. The summed E-state index contributed by atoms with van der Waals surface area (Å²) in [5, 5.41) is 5.53. The van der Waals surface area contributed by atoms with Crippen molar-refractivity contribution in [2.45, 2.75) is 38.6 Å². The first kappa shape index (κ1) is 22.5. The number of amides is 2. The third-order valence-electron chi connectivity index (χ3n) is 4.30. The summed E-state index contributed by atoms with van der Waals surface area (Å²) in [6.45, 7) is 3.21. The van der Waals surface area contributed by atoms with Crippen LogP contribution in [0, 0.1) is 3.57 Å². The number of halogens is 1. The molecule has 0 spiro atoms. The zero-order chi connectivity index (χ0) is 20.5. The van der Waals surface area contributed by atoms with E-state index in [0.717, 1.165) is 22.8 Å². The SMILES string of the molecule is CCCCCOC(=O)CC1C(=O)NCCN1C(=S)NC(=O)c1ccccc1I. The highest BCUT2D eigenvalue weighted by Crippen LogP contribution is 2.14. The Hall–Kier alpha value is -1.75. The van der Waals surface area contributed by atoms with E-state index >= 15 is 0 Å². The van der Waals surface area contributed by atoms with E-state index in [0.29, 0.717) is 25.3 Å². The van der Waals surface area contributed by atoms with Crippen molar-refractivity contribution >= 4 is 57.7 Å². The second-order valence-electron chi connectivity index (χ2n) is 6.37. The number of nitrogens with one attached hydrogen (secondary N) is 2. The summed E-state index contributed by atoms with van der Waals surface area (Å²) >= 11 is 7.43. The van der Waals surface area contributed by atoms with Crippen LogP contribution in [-0.4, -0.2) is 53.5 Å². The molecule has 1 fully saturated rings. The Labute approximate surface area is 183 Å². The number of carbonyl (C=O) groups excluding carboxylic acids is 3. The van der Waals surface area contributed by atoms with E-state index in [2.05, 4.69) is 40.1 Å². The summed E-state index contributed by atoms with van der Waals surface area (Å²) in [5.41, 5.74) is 0.499. The van der Waals surface area contributed by atoms with Crippen LogP contribution in [0.5, 0.6) is 0 Å². The zero-order valence-electron chi connectivity index (χ0n) is 15.7. The average Bonchev–Trinajstić information content (AvgIpc) is 2.67. The van der Waals surface area contributed by atoms with Crippen molar-refractivity contribution in [2.24, 2.45) is 0 Å². The fraction of sp³-hybridized carbons (Fsp3) is 0.474. The van der Waals surface area contributed by atoms with Gasteiger partial charge in [-0.15, -0.1) is 0 Å². The highest BCUT2D eigenvalue weighted by Gasteiger charge is 2.34. The molecule has 7 nitrogen and oxygen atoms in total. The molecule has 0 aromatic heterocycles. The summed E-state index contributed by atoms with van der Waals surface area (Å²) in [5.74, 6) is -1.10. The molecule has 1 aromatic carbocycles. The van der Waals surface area contributed by atoms with Gasteiger partial charge in [0.2, 0.25) is 5.91 Å². The van der Waals surface area contributed by atoms with E-state index in [1.807, 2.05) is 12.1 Å². The van der Waals surface area contributed by atoms with Crippen molar-refractivity contribution in [2.75, 3.05) is 19.7 Å². The predicted molar refractivity (Wildman–Crippen MR) is 118 cm³/mol. The molecule has 152 valence electrons. The highest BCUT2D eigenvalue weighted by atomic mass is 127. The highest BCUT2D eigenvalue weighted by molar-refractivity contribution is 14.1. The first-order valence-corrected chi connectivity index (χ1v) is 10.7. The lowest BCUT2D eigenvalue weighted by molar-refractivity contribution is -0.147. The van der Waals surface area contributed by atoms with Crippen LogP contribution in [0.1, 0.15) is 43.0 Å². The monoisotopic (exact) mass is 517 g/mol. The number of esters is 1. The Balaban J connectivity index is 1.99. The number of hydrogen-bond acceptors (Lipinski definition) is 5. The van der Waals surface area contributed by atoms with Crippen LogP contribution >= 0.6 is 34.8 Å². The van der Waals surface area contributed by atoms with Crippen LogP contribution in [0.25, 0.3) is 0 Å². The first-order chi connectivity index (χ1) is 13.4.